The van der Waals surface area contributed by atoms with Crippen molar-refractivity contribution in [3.8, 4) is 11.1 Å². The number of nitrogens with one attached hydrogen (secondary N) is 1. The van der Waals surface area contributed by atoms with Crippen LogP contribution in [0.15, 0.2) is 54.2 Å². The first kappa shape index (κ1) is 19.8. The minimum atomic E-state index is -0.548. The Morgan fingerprint density at radius 1 is 1.23 bits per heavy atom. The maximum absolute atomic E-state index is 13.3. The van der Waals surface area contributed by atoms with Crippen molar-refractivity contribution in [1.29, 1.82) is 0 Å². The summed E-state index contributed by atoms with van der Waals surface area (Å²) in [5.41, 5.74) is 3.40. The lowest BCUT2D eigenvalue weighted by Gasteiger charge is -2.09. The van der Waals surface area contributed by atoms with Gasteiger partial charge in [0.2, 0.25) is 0 Å². The molecule has 4 rings (SSSR count). The number of amides is 1. The van der Waals surface area contributed by atoms with Crippen molar-refractivity contribution in [2.24, 2.45) is 0 Å². The van der Waals surface area contributed by atoms with E-state index in [-0.39, 0.29) is 23.9 Å². The van der Waals surface area contributed by atoms with Crippen LogP contribution in [0.1, 0.15) is 33.3 Å². The fourth-order valence-electron chi connectivity index (χ4n) is 3.12. The number of benzene rings is 1. The van der Waals surface area contributed by atoms with Gasteiger partial charge >= 0.3 is 5.97 Å². The predicted octanol–water partition coefficient (Wildman–Crippen LogP) is 4.94. The third-order valence-corrected chi connectivity index (χ3v) is 5.39. The van der Waals surface area contributed by atoms with E-state index in [4.69, 9.17) is 4.74 Å². The van der Waals surface area contributed by atoms with Gasteiger partial charge in [-0.3, -0.25) is 4.79 Å². The number of esters is 1. The Hall–Kier alpha value is -3.52. The van der Waals surface area contributed by atoms with Gasteiger partial charge in [-0.1, -0.05) is 12.1 Å². The van der Waals surface area contributed by atoms with E-state index in [9.17, 15) is 14.0 Å². The number of hydrogen-bond donors (Lipinski definition) is 1. The number of anilines is 1. The van der Waals surface area contributed by atoms with Crippen LogP contribution in [0.2, 0.25) is 0 Å². The molecule has 0 atom stereocenters. The molecule has 8 heteroatoms. The lowest BCUT2D eigenvalue weighted by atomic mass is 10.0. The van der Waals surface area contributed by atoms with E-state index in [1.807, 2.05) is 17.5 Å². The van der Waals surface area contributed by atoms with Crippen LogP contribution in [0.4, 0.5) is 9.39 Å². The number of ether oxygens (including phenoxy) is 1. The van der Waals surface area contributed by atoms with Crippen LogP contribution in [0.3, 0.4) is 0 Å². The maximum atomic E-state index is 13.3. The summed E-state index contributed by atoms with van der Waals surface area (Å²) in [5, 5.41) is 4.93. The van der Waals surface area contributed by atoms with Crippen LogP contribution in [0.25, 0.3) is 16.8 Å². The summed E-state index contributed by atoms with van der Waals surface area (Å²) in [5.74, 6) is -1.28. The quantitative estimate of drug-likeness (QED) is 0.462. The molecule has 0 saturated heterocycles. The van der Waals surface area contributed by atoms with Crippen LogP contribution in [0, 0.1) is 12.7 Å². The summed E-state index contributed by atoms with van der Waals surface area (Å²) >= 11 is 1.21. The number of thiophene rings is 1. The van der Waals surface area contributed by atoms with E-state index in [0.717, 1.165) is 5.69 Å². The van der Waals surface area contributed by atoms with Crippen molar-refractivity contribution >= 4 is 33.9 Å². The summed E-state index contributed by atoms with van der Waals surface area (Å²) < 4.78 is 20.3. The number of hydrogen-bond acceptors (Lipinski definition) is 5. The van der Waals surface area contributed by atoms with Crippen LogP contribution in [-0.4, -0.2) is 27.9 Å². The molecule has 0 spiro atoms. The van der Waals surface area contributed by atoms with Crippen LogP contribution >= 0.6 is 11.3 Å². The molecular weight excluding hydrogens is 405 g/mol. The van der Waals surface area contributed by atoms with Crippen molar-refractivity contribution < 1.29 is 18.7 Å². The van der Waals surface area contributed by atoms with Crippen LogP contribution < -0.4 is 5.32 Å². The monoisotopic (exact) mass is 423 g/mol. The van der Waals surface area contributed by atoms with E-state index in [1.54, 1.807) is 42.8 Å². The van der Waals surface area contributed by atoms with Gasteiger partial charge in [0.05, 0.1) is 12.3 Å². The van der Waals surface area contributed by atoms with Gasteiger partial charge in [-0.25, -0.2) is 14.2 Å². The second-order valence-electron chi connectivity index (χ2n) is 6.60. The maximum Gasteiger partial charge on any atom is 0.341 e. The third-order valence-electron chi connectivity index (χ3n) is 4.50. The highest BCUT2D eigenvalue weighted by atomic mass is 32.1. The Kier molecular flexibility index (Phi) is 5.33. The summed E-state index contributed by atoms with van der Waals surface area (Å²) in [7, 11) is 0. The van der Waals surface area contributed by atoms with Crippen molar-refractivity contribution in [2.45, 2.75) is 13.8 Å². The Labute approximate surface area is 176 Å². The number of aromatic nitrogens is 2. The van der Waals surface area contributed by atoms with Gasteiger partial charge in [-0.2, -0.15) is 0 Å². The molecule has 0 radical (unpaired) electrons. The van der Waals surface area contributed by atoms with E-state index in [0.29, 0.717) is 27.3 Å². The number of fused-ring (bicyclic) bond motifs is 1. The first-order valence-electron chi connectivity index (χ1n) is 9.27. The molecule has 4 aromatic rings. The average molecular weight is 423 g/mol. The molecule has 30 heavy (non-hydrogen) atoms. The second kappa shape index (κ2) is 8.08. The number of halogens is 1. The SMILES string of the molecule is CCOC(=O)c1c(-c2ccc(F)cc2)csc1NC(=O)c1ccn2cc(C)nc2c1. The number of pyridine rings is 1. The minimum Gasteiger partial charge on any atom is -0.462 e. The van der Waals surface area contributed by atoms with Crippen molar-refractivity contribution in [3.63, 3.8) is 0 Å². The van der Waals surface area contributed by atoms with Gasteiger partial charge < -0.3 is 14.5 Å². The molecule has 0 aliphatic carbocycles. The molecule has 0 saturated carbocycles. The number of nitrogens with zero attached hydrogens (tertiary/aromatic N) is 2. The van der Waals surface area contributed by atoms with Gasteiger partial charge in [0.15, 0.2) is 0 Å². The molecule has 0 fully saturated rings. The summed E-state index contributed by atoms with van der Waals surface area (Å²) in [6.07, 6.45) is 3.62. The molecule has 1 aromatic carbocycles. The van der Waals surface area contributed by atoms with Gasteiger partial charge in [-0.05, 0) is 43.7 Å². The fraction of sp³-hybridized carbons (Fsp3) is 0.136. The molecule has 3 aromatic heterocycles. The molecule has 0 unspecified atom stereocenters. The van der Waals surface area contributed by atoms with Gasteiger partial charge in [0.25, 0.3) is 5.91 Å². The topological polar surface area (TPSA) is 72.7 Å². The third kappa shape index (κ3) is 3.81. The number of carbonyl (C=O) groups is 2. The Bertz CT molecular complexity index is 1240. The number of carbonyl (C=O) groups excluding carboxylic acids is 2. The summed E-state index contributed by atoms with van der Waals surface area (Å²) in [6.45, 7) is 3.78. The molecule has 3 heterocycles. The highest BCUT2D eigenvalue weighted by Gasteiger charge is 2.23. The Morgan fingerprint density at radius 3 is 2.73 bits per heavy atom. The molecule has 0 aliphatic rings. The van der Waals surface area contributed by atoms with Gasteiger partial charge in [0, 0.05) is 28.9 Å². The van der Waals surface area contributed by atoms with Gasteiger partial charge in [0.1, 0.15) is 22.0 Å². The highest BCUT2D eigenvalue weighted by Crippen LogP contribution is 2.36. The number of rotatable bonds is 5. The minimum absolute atomic E-state index is 0.195. The van der Waals surface area contributed by atoms with E-state index >= 15 is 0 Å². The van der Waals surface area contributed by atoms with Gasteiger partial charge in [-0.15, -0.1) is 11.3 Å². The molecule has 1 amide bonds. The molecule has 152 valence electrons. The average Bonchev–Trinajstić information content (AvgIpc) is 3.30. The predicted molar refractivity (Wildman–Crippen MR) is 114 cm³/mol. The van der Waals surface area contributed by atoms with Crippen LogP contribution in [0.5, 0.6) is 0 Å². The van der Waals surface area contributed by atoms with Crippen molar-refractivity contribution in [3.05, 3.63) is 76.8 Å². The summed E-state index contributed by atoms with van der Waals surface area (Å²) in [4.78, 5) is 29.8. The first-order valence-corrected chi connectivity index (χ1v) is 10.2. The first-order chi connectivity index (χ1) is 14.5. The Morgan fingerprint density at radius 2 is 2.00 bits per heavy atom. The van der Waals surface area contributed by atoms with E-state index in [1.165, 1.54) is 23.5 Å². The smallest absolute Gasteiger partial charge is 0.341 e. The zero-order valence-electron chi connectivity index (χ0n) is 16.3. The molecular formula is C22H18FN3O3S. The highest BCUT2D eigenvalue weighted by molar-refractivity contribution is 7.15. The molecule has 1 N–H and O–H groups in total. The van der Waals surface area contributed by atoms with Crippen molar-refractivity contribution in [1.82, 2.24) is 9.38 Å². The largest absolute Gasteiger partial charge is 0.462 e. The lowest BCUT2D eigenvalue weighted by molar-refractivity contribution is 0.0529. The van der Waals surface area contributed by atoms with E-state index < -0.39 is 5.97 Å². The van der Waals surface area contributed by atoms with Crippen LogP contribution in [-0.2, 0) is 4.74 Å². The fourth-order valence-corrected chi connectivity index (χ4v) is 4.08. The standard InChI is InChI=1S/C22H18FN3O3S/c1-3-29-22(28)19-17(14-4-6-16(23)7-5-14)12-30-21(19)25-20(27)15-8-9-26-11-13(2)24-18(26)10-15/h4-12H,3H2,1-2H3,(H,25,27). The zero-order chi connectivity index (χ0) is 21.3. The molecule has 6 nitrogen and oxygen atoms in total. The summed E-state index contributed by atoms with van der Waals surface area (Å²) in [6, 6.07) is 9.17. The molecule has 0 bridgehead atoms. The normalized spacial score (nSPS) is 10.9. The zero-order valence-corrected chi connectivity index (χ0v) is 17.1. The lowest BCUT2D eigenvalue weighted by Crippen LogP contribution is -2.15. The molecule has 0 aliphatic heterocycles. The van der Waals surface area contributed by atoms with E-state index in [2.05, 4.69) is 10.3 Å². The second-order valence-corrected chi connectivity index (χ2v) is 7.48. The van der Waals surface area contributed by atoms with Crippen molar-refractivity contribution in [2.75, 3.05) is 11.9 Å². The Balaban J connectivity index is 1.69. The number of imidazole rings is 1. The number of aryl methyl sites for hydroxylation is 1.